The molecule has 0 aliphatic carbocycles. The summed E-state index contributed by atoms with van der Waals surface area (Å²) in [5, 5.41) is 8.86. The molecular formula is C9H13NO3S. The van der Waals surface area contributed by atoms with Gasteiger partial charge in [0.1, 0.15) is 6.04 Å². The number of nitrogens with zero attached hydrogens (tertiary/aromatic N) is 1. The minimum atomic E-state index is -0.985. The van der Waals surface area contributed by atoms with Crippen molar-refractivity contribution in [1.29, 1.82) is 0 Å². The third-order valence-electron chi connectivity index (χ3n) is 2.19. The molecule has 1 heterocycles. The predicted octanol–water partition coefficient (Wildman–Crippen LogP) is 0.546. The molecule has 0 aromatic carbocycles. The molecule has 1 rings (SSSR count). The number of rotatable bonds is 4. The van der Waals surface area contributed by atoms with Crippen molar-refractivity contribution in [1.82, 2.24) is 4.90 Å². The maximum Gasteiger partial charge on any atom is 0.326 e. The number of carbonyl (C=O) groups excluding carboxylic acids is 1. The van der Waals surface area contributed by atoms with Crippen molar-refractivity contribution >= 4 is 24.5 Å². The molecule has 4 nitrogen and oxygen atoms in total. The maximum absolute atomic E-state index is 11.4. The van der Waals surface area contributed by atoms with Crippen molar-refractivity contribution in [2.75, 3.05) is 6.54 Å². The SMILES string of the molecule is C=CC[C@@H](C(=O)O)N1CC(S)CC1=O. The van der Waals surface area contributed by atoms with Crippen LogP contribution in [0.2, 0.25) is 0 Å². The summed E-state index contributed by atoms with van der Waals surface area (Å²) in [6.07, 6.45) is 2.11. The average Bonchev–Trinajstić information content (AvgIpc) is 2.40. The maximum atomic E-state index is 11.4. The summed E-state index contributed by atoms with van der Waals surface area (Å²) < 4.78 is 0. The number of thiol groups is 1. The zero-order valence-electron chi connectivity index (χ0n) is 7.72. The van der Waals surface area contributed by atoms with Gasteiger partial charge in [0.05, 0.1) is 0 Å². The molecule has 0 aromatic heterocycles. The highest BCUT2D eigenvalue weighted by atomic mass is 32.1. The van der Waals surface area contributed by atoms with E-state index in [1.54, 1.807) is 0 Å². The third-order valence-corrected chi connectivity index (χ3v) is 2.54. The van der Waals surface area contributed by atoms with Gasteiger partial charge in [-0.1, -0.05) is 6.08 Å². The number of hydrogen-bond acceptors (Lipinski definition) is 3. The fourth-order valence-electron chi connectivity index (χ4n) is 1.53. The summed E-state index contributed by atoms with van der Waals surface area (Å²) in [7, 11) is 0. The lowest BCUT2D eigenvalue weighted by atomic mass is 10.2. The zero-order chi connectivity index (χ0) is 10.7. The van der Waals surface area contributed by atoms with Crippen molar-refractivity contribution in [3.05, 3.63) is 12.7 Å². The number of aliphatic carboxylic acids is 1. The van der Waals surface area contributed by atoms with Crippen LogP contribution < -0.4 is 0 Å². The summed E-state index contributed by atoms with van der Waals surface area (Å²) in [6, 6.07) is -0.780. The molecule has 0 radical (unpaired) electrons. The Bertz CT molecular complexity index is 267. The van der Waals surface area contributed by atoms with Gasteiger partial charge < -0.3 is 10.0 Å². The highest BCUT2D eigenvalue weighted by Crippen LogP contribution is 2.20. The van der Waals surface area contributed by atoms with E-state index in [-0.39, 0.29) is 17.6 Å². The van der Waals surface area contributed by atoms with Gasteiger partial charge in [0.15, 0.2) is 0 Å². The number of likely N-dealkylation sites (tertiary alicyclic amines) is 1. The van der Waals surface area contributed by atoms with E-state index in [0.717, 1.165) is 0 Å². The highest BCUT2D eigenvalue weighted by molar-refractivity contribution is 7.81. The van der Waals surface area contributed by atoms with E-state index in [1.807, 2.05) is 0 Å². The van der Waals surface area contributed by atoms with Gasteiger partial charge in [0, 0.05) is 18.2 Å². The van der Waals surface area contributed by atoms with Gasteiger partial charge in [0.2, 0.25) is 5.91 Å². The third kappa shape index (κ3) is 2.29. The van der Waals surface area contributed by atoms with Gasteiger partial charge in [-0.15, -0.1) is 6.58 Å². The van der Waals surface area contributed by atoms with E-state index >= 15 is 0 Å². The summed E-state index contributed by atoms with van der Waals surface area (Å²) >= 11 is 4.16. The van der Waals surface area contributed by atoms with Crippen LogP contribution in [0.1, 0.15) is 12.8 Å². The monoisotopic (exact) mass is 215 g/mol. The minimum absolute atomic E-state index is 0.0471. The average molecular weight is 215 g/mol. The largest absolute Gasteiger partial charge is 0.480 e. The standard InChI is InChI=1S/C9H13NO3S/c1-2-3-7(9(12)13)10-5-6(14)4-8(10)11/h2,6-7,14H,1,3-5H2,(H,12,13)/t6?,7-/m0/s1. The Morgan fingerprint density at radius 3 is 2.86 bits per heavy atom. The second-order valence-corrected chi connectivity index (χ2v) is 4.01. The normalized spacial score (nSPS) is 23.6. The van der Waals surface area contributed by atoms with Gasteiger partial charge in [0.25, 0.3) is 0 Å². The smallest absolute Gasteiger partial charge is 0.326 e. The van der Waals surface area contributed by atoms with E-state index in [0.29, 0.717) is 13.0 Å². The summed E-state index contributed by atoms with van der Waals surface area (Å²) in [5.74, 6) is -1.13. The van der Waals surface area contributed by atoms with Crippen LogP contribution in [0.25, 0.3) is 0 Å². The summed E-state index contributed by atoms with van der Waals surface area (Å²) in [6.45, 7) is 3.89. The van der Waals surface area contributed by atoms with Crippen LogP contribution in [0.4, 0.5) is 0 Å². The van der Waals surface area contributed by atoms with Crippen molar-refractivity contribution < 1.29 is 14.7 Å². The quantitative estimate of drug-likeness (QED) is 0.532. The molecule has 1 aliphatic heterocycles. The van der Waals surface area contributed by atoms with Gasteiger partial charge in [-0.2, -0.15) is 12.6 Å². The molecule has 0 spiro atoms. The Labute approximate surface area is 88.0 Å². The lowest BCUT2D eigenvalue weighted by Gasteiger charge is -2.23. The first kappa shape index (κ1) is 11.1. The fraction of sp³-hybridized carbons (Fsp3) is 0.556. The van der Waals surface area contributed by atoms with E-state index in [2.05, 4.69) is 19.2 Å². The van der Waals surface area contributed by atoms with E-state index in [4.69, 9.17) is 5.11 Å². The molecule has 78 valence electrons. The Morgan fingerprint density at radius 2 is 2.50 bits per heavy atom. The first-order valence-corrected chi connectivity index (χ1v) is 4.89. The van der Waals surface area contributed by atoms with E-state index < -0.39 is 12.0 Å². The first-order chi connectivity index (χ1) is 6.56. The molecule has 14 heavy (non-hydrogen) atoms. The topological polar surface area (TPSA) is 57.6 Å². The van der Waals surface area contributed by atoms with Gasteiger partial charge in [-0.3, -0.25) is 4.79 Å². The van der Waals surface area contributed by atoms with Gasteiger partial charge in [-0.05, 0) is 6.42 Å². The molecule has 1 unspecified atom stereocenters. The molecule has 1 aliphatic rings. The Hall–Kier alpha value is -0.970. The number of hydrogen-bond donors (Lipinski definition) is 2. The zero-order valence-corrected chi connectivity index (χ0v) is 8.61. The minimum Gasteiger partial charge on any atom is -0.480 e. The molecule has 0 bridgehead atoms. The first-order valence-electron chi connectivity index (χ1n) is 4.37. The Kier molecular flexibility index (Phi) is 3.57. The number of carboxylic acids is 1. The number of carboxylic acid groups (broad SMARTS) is 1. The predicted molar refractivity (Wildman–Crippen MR) is 55.3 cm³/mol. The van der Waals surface area contributed by atoms with Crippen molar-refractivity contribution in [3.8, 4) is 0 Å². The van der Waals surface area contributed by atoms with Crippen LogP contribution in [-0.2, 0) is 9.59 Å². The highest BCUT2D eigenvalue weighted by Gasteiger charge is 2.35. The Balaban J connectivity index is 2.73. The Morgan fingerprint density at radius 1 is 1.86 bits per heavy atom. The summed E-state index contributed by atoms with van der Waals surface area (Å²) in [5.41, 5.74) is 0. The van der Waals surface area contributed by atoms with Crippen LogP contribution in [0.3, 0.4) is 0 Å². The fourth-order valence-corrected chi connectivity index (χ4v) is 1.86. The van der Waals surface area contributed by atoms with Gasteiger partial charge in [-0.25, -0.2) is 4.79 Å². The second kappa shape index (κ2) is 4.50. The molecule has 1 saturated heterocycles. The molecule has 2 atom stereocenters. The molecular weight excluding hydrogens is 202 g/mol. The number of amides is 1. The van der Waals surface area contributed by atoms with Crippen LogP contribution >= 0.6 is 12.6 Å². The van der Waals surface area contributed by atoms with Crippen molar-refractivity contribution in [2.24, 2.45) is 0 Å². The van der Waals surface area contributed by atoms with Crippen LogP contribution in [0, 0.1) is 0 Å². The van der Waals surface area contributed by atoms with E-state index in [9.17, 15) is 9.59 Å². The molecule has 1 amide bonds. The molecule has 1 N–H and O–H groups in total. The molecule has 5 heteroatoms. The second-order valence-electron chi connectivity index (χ2n) is 3.28. The lowest BCUT2D eigenvalue weighted by Crippen LogP contribution is -2.42. The molecule has 0 aromatic rings. The van der Waals surface area contributed by atoms with Crippen molar-refractivity contribution in [2.45, 2.75) is 24.1 Å². The molecule has 0 saturated carbocycles. The summed E-state index contributed by atoms with van der Waals surface area (Å²) in [4.78, 5) is 23.6. The van der Waals surface area contributed by atoms with Crippen LogP contribution in [-0.4, -0.2) is 39.7 Å². The lowest BCUT2D eigenvalue weighted by molar-refractivity contribution is -0.148. The molecule has 1 fully saturated rings. The number of carbonyl (C=O) groups is 2. The van der Waals surface area contributed by atoms with E-state index in [1.165, 1.54) is 11.0 Å². The van der Waals surface area contributed by atoms with Crippen LogP contribution in [0.15, 0.2) is 12.7 Å². The van der Waals surface area contributed by atoms with Crippen molar-refractivity contribution in [3.63, 3.8) is 0 Å². The van der Waals surface area contributed by atoms with Crippen LogP contribution in [0.5, 0.6) is 0 Å². The van der Waals surface area contributed by atoms with Gasteiger partial charge >= 0.3 is 5.97 Å².